The number of halogens is 2. The van der Waals surface area contributed by atoms with E-state index in [1.54, 1.807) is 18.3 Å². The summed E-state index contributed by atoms with van der Waals surface area (Å²) < 4.78 is 73.4. The summed E-state index contributed by atoms with van der Waals surface area (Å²) in [5, 5.41) is 40.7. The number of hydrogen-bond acceptors (Lipinski definition) is 21. The molecule has 0 spiro atoms. The molecule has 0 aliphatic rings. The van der Waals surface area contributed by atoms with Crippen LogP contribution in [0.2, 0.25) is 10.6 Å². The highest BCUT2D eigenvalue weighted by Gasteiger charge is 2.22. The lowest BCUT2D eigenvalue weighted by Gasteiger charge is -2.11. The van der Waals surface area contributed by atoms with Gasteiger partial charge in [0.05, 0.1) is 39.8 Å². The topological polar surface area (TPSA) is 353 Å². The summed E-state index contributed by atoms with van der Waals surface area (Å²) in [6, 6.07) is 17.5. The summed E-state index contributed by atoms with van der Waals surface area (Å²) >= 11 is 12.7. The summed E-state index contributed by atoms with van der Waals surface area (Å²) in [6.45, 7) is 0. The molecule has 29 heteroatoms. The molecule has 7 rings (SSSR count). The number of azo groups is 1. The SMILES string of the molecule is NC(=O)c1ccc[n+](-c2nc(Cl)nc(Nc3ccc4c(O)c(N=Nc5cc(Nc6nc(Cl)nc(Nc7cccc(S(=O)(=O)O)c7)n6)ccc5S(=O)(=O)O)c(SOOO)cc4c3)n2)c1. The molecule has 0 unspecified atom stereocenters. The number of pyridine rings is 1. The number of fused-ring (bicyclic) bond motifs is 1. The molecule has 4 aromatic carbocycles. The number of carbonyl (C=O) groups is 1. The van der Waals surface area contributed by atoms with Crippen LogP contribution in [0.1, 0.15) is 10.4 Å². The number of nitrogens with zero attached hydrogens (tertiary/aromatic N) is 9. The number of phenols is 1. The van der Waals surface area contributed by atoms with Crippen molar-refractivity contribution in [2.45, 2.75) is 14.7 Å². The number of phenolic OH excluding ortho intramolecular Hbond substituents is 1. The van der Waals surface area contributed by atoms with Gasteiger partial charge in [-0.1, -0.05) is 11.1 Å². The minimum atomic E-state index is -4.93. The molecule has 0 fully saturated rings. The van der Waals surface area contributed by atoms with E-state index in [9.17, 15) is 35.8 Å². The lowest BCUT2D eigenvalue weighted by Crippen LogP contribution is -2.34. The Kier molecular flexibility index (Phi) is 12.8. The van der Waals surface area contributed by atoms with Crippen molar-refractivity contribution in [1.82, 2.24) is 29.9 Å². The van der Waals surface area contributed by atoms with Crippen LogP contribution in [0.25, 0.3) is 16.7 Å². The number of carbonyl (C=O) groups excluding carboxylic acids is 1. The number of hydrogen-bond donors (Lipinski definition) is 8. The lowest BCUT2D eigenvalue weighted by molar-refractivity contribution is -0.603. The standard InChI is InChI=1S/C34H23Cl2N13O11S3/c35-29-41-31(38-18-4-1-5-21(13-18)62(53,54)55)45-32(42-29)40-20-7-9-25(63(56,57)58)23(14-20)47-48-26-24(61-60-59-52)12-17-11-19(6-8-22(17)27(26)50)39-33-43-30(36)44-34(46-33)49-10-2-3-16(15-49)28(37)51/h1-15H,(H8-,37,38,39,40,41,42,43,44,45,46,47,50,51,52,53,54,55,56,57,58)/p+1. The highest BCUT2D eigenvalue weighted by molar-refractivity contribution is 7.94. The minimum Gasteiger partial charge on any atom is -0.505 e. The van der Waals surface area contributed by atoms with Gasteiger partial charge in [0.1, 0.15) is 16.3 Å². The first kappa shape index (κ1) is 44.3. The predicted molar refractivity (Wildman–Crippen MR) is 223 cm³/mol. The number of benzene rings is 4. The second-order valence-corrected chi connectivity index (χ2v) is 16.5. The maximum Gasteiger partial charge on any atom is 0.444 e. The third kappa shape index (κ3) is 10.8. The smallest absolute Gasteiger partial charge is 0.444 e. The van der Waals surface area contributed by atoms with Crippen molar-refractivity contribution < 1.29 is 55.0 Å². The Morgan fingerprint density at radius 3 is 2.08 bits per heavy atom. The number of rotatable bonds is 15. The van der Waals surface area contributed by atoms with Crippen molar-refractivity contribution in [3.05, 3.63) is 107 Å². The first-order chi connectivity index (χ1) is 29.9. The fraction of sp³-hybridized carbons (Fsp3) is 0. The van der Waals surface area contributed by atoms with Gasteiger partial charge in [-0.15, -0.1) is 14.6 Å². The normalized spacial score (nSPS) is 11.8. The minimum absolute atomic E-state index is 0.00584. The van der Waals surface area contributed by atoms with Gasteiger partial charge in [0, 0.05) is 22.4 Å². The van der Waals surface area contributed by atoms with Gasteiger partial charge in [-0.2, -0.15) is 36.8 Å². The van der Waals surface area contributed by atoms with Gasteiger partial charge < -0.3 is 26.8 Å². The molecule has 1 amide bonds. The quantitative estimate of drug-likeness (QED) is 0.0142. The number of nitrogens with two attached hydrogens (primary N) is 1. The number of aromatic nitrogens is 7. The van der Waals surface area contributed by atoms with E-state index in [0.717, 1.165) is 24.3 Å². The fourth-order valence-corrected chi connectivity index (χ4v) is 7.42. The van der Waals surface area contributed by atoms with Crippen molar-refractivity contribution in [1.29, 1.82) is 0 Å². The van der Waals surface area contributed by atoms with Gasteiger partial charge in [0.25, 0.3) is 26.1 Å². The van der Waals surface area contributed by atoms with Crippen molar-refractivity contribution >= 4 is 118 Å². The van der Waals surface area contributed by atoms with E-state index in [0.29, 0.717) is 23.1 Å². The molecule has 0 saturated carbocycles. The maximum atomic E-state index is 12.4. The molecular weight excluding hydrogens is 934 g/mol. The number of aromatic hydroxyl groups is 1. The van der Waals surface area contributed by atoms with Gasteiger partial charge in [-0.25, -0.2) is 9.82 Å². The van der Waals surface area contributed by atoms with Gasteiger partial charge in [0.2, 0.25) is 17.2 Å². The number of anilines is 6. The Morgan fingerprint density at radius 1 is 0.762 bits per heavy atom. The molecule has 24 nitrogen and oxygen atoms in total. The van der Waals surface area contributed by atoms with Gasteiger partial charge in [-0.05, 0) is 111 Å². The summed E-state index contributed by atoms with van der Waals surface area (Å²) in [7, 11) is -9.45. The highest BCUT2D eigenvalue weighted by atomic mass is 35.5. The average Bonchev–Trinajstić information content (AvgIpc) is 3.21. The molecule has 63 heavy (non-hydrogen) atoms. The molecule has 9 N–H and O–H groups in total. The van der Waals surface area contributed by atoms with Crippen LogP contribution in [0.4, 0.5) is 46.3 Å². The summed E-state index contributed by atoms with van der Waals surface area (Å²) in [6.07, 6.45) is 2.97. The zero-order valence-electron chi connectivity index (χ0n) is 30.9. The van der Waals surface area contributed by atoms with E-state index in [-0.39, 0.29) is 67.3 Å². The van der Waals surface area contributed by atoms with Gasteiger partial charge >= 0.3 is 17.2 Å². The monoisotopic (exact) mass is 956 g/mol. The first-order valence-electron chi connectivity index (χ1n) is 16.9. The first-order valence-corrected chi connectivity index (χ1v) is 21.3. The van der Waals surface area contributed by atoms with Crippen LogP contribution in [0, 0.1) is 0 Å². The van der Waals surface area contributed by atoms with E-state index in [1.807, 2.05) is 0 Å². The molecule has 7 aromatic rings. The van der Waals surface area contributed by atoms with Crippen LogP contribution in [0.3, 0.4) is 0 Å². The maximum absolute atomic E-state index is 12.4. The lowest BCUT2D eigenvalue weighted by atomic mass is 10.1. The summed E-state index contributed by atoms with van der Waals surface area (Å²) in [4.78, 5) is 35.2. The fourth-order valence-electron chi connectivity index (χ4n) is 5.48. The van der Waals surface area contributed by atoms with Crippen molar-refractivity contribution in [2.24, 2.45) is 16.0 Å². The van der Waals surface area contributed by atoms with Crippen LogP contribution in [0.15, 0.2) is 116 Å². The van der Waals surface area contributed by atoms with E-state index >= 15 is 0 Å². The molecular formula is C34H24Cl2N13O11S3+. The Morgan fingerprint density at radius 2 is 1.41 bits per heavy atom. The largest absolute Gasteiger partial charge is 0.505 e. The van der Waals surface area contributed by atoms with Crippen molar-refractivity contribution in [3.63, 3.8) is 0 Å². The molecule has 3 aromatic heterocycles. The average molecular weight is 958 g/mol. The predicted octanol–water partition coefficient (Wildman–Crippen LogP) is 6.17. The van der Waals surface area contributed by atoms with Gasteiger partial charge in [-0.3, -0.25) is 13.9 Å². The van der Waals surface area contributed by atoms with Gasteiger partial charge in [0.15, 0.2) is 5.75 Å². The van der Waals surface area contributed by atoms with E-state index in [1.165, 1.54) is 53.2 Å². The number of nitrogens with one attached hydrogen (secondary N) is 3. The summed E-state index contributed by atoms with van der Waals surface area (Å²) in [5.74, 6) is -1.48. The Hall–Kier alpha value is -6.79. The van der Waals surface area contributed by atoms with E-state index < -0.39 is 47.4 Å². The van der Waals surface area contributed by atoms with Crippen molar-refractivity contribution in [2.75, 3.05) is 16.0 Å². The van der Waals surface area contributed by atoms with Crippen LogP contribution in [-0.4, -0.2) is 72.1 Å². The Bertz CT molecular complexity index is 3210. The Labute approximate surface area is 367 Å². The van der Waals surface area contributed by atoms with Crippen LogP contribution >= 0.6 is 35.2 Å². The molecule has 0 atom stereocenters. The van der Waals surface area contributed by atoms with E-state index in [4.69, 9.17) is 34.2 Å². The van der Waals surface area contributed by atoms with E-state index in [2.05, 4.69) is 65.5 Å². The zero-order valence-corrected chi connectivity index (χ0v) is 34.9. The molecule has 0 bridgehead atoms. The molecule has 322 valence electrons. The van der Waals surface area contributed by atoms with Crippen LogP contribution in [0.5, 0.6) is 5.75 Å². The molecule has 3 heterocycles. The third-order valence-electron chi connectivity index (χ3n) is 8.12. The number of primary amides is 1. The van der Waals surface area contributed by atoms with Crippen molar-refractivity contribution in [3.8, 4) is 11.7 Å². The van der Waals surface area contributed by atoms with Crippen LogP contribution in [-0.2, 0) is 29.6 Å². The zero-order chi connectivity index (χ0) is 45.1. The highest BCUT2D eigenvalue weighted by Crippen LogP contribution is 2.45. The summed E-state index contributed by atoms with van der Waals surface area (Å²) in [5.41, 5.74) is 5.45. The molecule has 0 aliphatic carbocycles. The third-order valence-corrected chi connectivity index (χ3v) is 10.8. The molecule has 0 aliphatic heterocycles. The molecule has 0 saturated heterocycles. The molecule has 0 radical (unpaired) electrons. The van der Waals surface area contributed by atoms with Crippen LogP contribution < -0.4 is 26.3 Å². The Balaban J connectivity index is 1.19. The second kappa shape index (κ2) is 18.3. The second-order valence-electron chi connectivity index (χ2n) is 12.3. The number of amides is 1.